The molecule has 2 heterocycles. The van der Waals surface area contributed by atoms with E-state index in [2.05, 4.69) is 22.4 Å². The number of aromatic amines is 1. The van der Waals surface area contributed by atoms with Crippen molar-refractivity contribution in [3.8, 4) is 0 Å². The summed E-state index contributed by atoms with van der Waals surface area (Å²) in [5, 5.41) is 5.26. The third-order valence-corrected chi connectivity index (χ3v) is 5.13. The highest BCUT2D eigenvalue weighted by atomic mass is 35.5. The van der Waals surface area contributed by atoms with Gasteiger partial charge in [-0.15, -0.1) is 0 Å². The van der Waals surface area contributed by atoms with E-state index in [1.165, 1.54) is 10.9 Å². The van der Waals surface area contributed by atoms with Crippen molar-refractivity contribution >= 4 is 28.5 Å². The summed E-state index contributed by atoms with van der Waals surface area (Å²) in [6.45, 7) is 1.10. The van der Waals surface area contributed by atoms with Crippen LogP contribution in [0.25, 0.3) is 10.9 Å². The van der Waals surface area contributed by atoms with Crippen LogP contribution in [0.3, 0.4) is 0 Å². The molecular formula is C20H19ClN2O2. The quantitative estimate of drug-likeness (QED) is 0.684. The van der Waals surface area contributed by atoms with Crippen LogP contribution in [0.2, 0.25) is 5.02 Å². The first-order valence-electron chi connectivity index (χ1n) is 8.44. The lowest BCUT2D eigenvalue weighted by Gasteiger charge is -2.20. The Labute approximate surface area is 151 Å². The Morgan fingerprint density at radius 2 is 1.96 bits per heavy atom. The number of hydrogen-bond donors (Lipinski definition) is 2. The number of hydrogen-bond acceptors (Lipinski definition) is 3. The number of para-hydroxylation sites is 1. The second-order valence-corrected chi connectivity index (χ2v) is 6.69. The molecule has 1 saturated heterocycles. The van der Waals surface area contributed by atoms with Gasteiger partial charge in [0, 0.05) is 41.0 Å². The highest BCUT2D eigenvalue weighted by Crippen LogP contribution is 2.34. The molecule has 0 saturated carbocycles. The Morgan fingerprint density at radius 3 is 2.76 bits per heavy atom. The molecule has 1 fully saturated rings. The van der Waals surface area contributed by atoms with Gasteiger partial charge >= 0.3 is 5.97 Å². The third-order valence-electron chi connectivity index (χ3n) is 4.78. The Hall–Kier alpha value is -2.30. The molecule has 5 heteroatoms. The normalized spacial score (nSPS) is 18.4. The minimum Gasteiger partial charge on any atom is -0.464 e. The number of benzene rings is 2. The highest BCUT2D eigenvalue weighted by molar-refractivity contribution is 6.31. The molecule has 2 atom stereocenters. The number of H-pyrrole nitrogens is 1. The van der Waals surface area contributed by atoms with Crippen LogP contribution in [0.5, 0.6) is 0 Å². The predicted molar refractivity (Wildman–Crippen MR) is 99.0 cm³/mol. The number of esters is 1. The maximum atomic E-state index is 11.8. The topological polar surface area (TPSA) is 54.1 Å². The number of cyclic esters (lactones) is 1. The Bertz CT molecular complexity index is 905. The lowest BCUT2D eigenvalue weighted by atomic mass is 9.90. The predicted octanol–water partition coefficient (Wildman–Crippen LogP) is 3.86. The summed E-state index contributed by atoms with van der Waals surface area (Å²) in [6.07, 6.45) is 2.75. The van der Waals surface area contributed by atoms with E-state index in [9.17, 15) is 4.79 Å². The molecule has 0 aliphatic carbocycles. The van der Waals surface area contributed by atoms with E-state index in [1.54, 1.807) is 0 Å². The van der Waals surface area contributed by atoms with Crippen molar-refractivity contribution in [1.29, 1.82) is 0 Å². The minimum absolute atomic E-state index is 0.0400. The van der Waals surface area contributed by atoms with E-state index < -0.39 is 0 Å². The van der Waals surface area contributed by atoms with Crippen molar-refractivity contribution in [2.24, 2.45) is 0 Å². The Morgan fingerprint density at radius 1 is 1.16 bits per heavy atom. The number of rotatable bonds is 5. The van der Waals surface area contributed by atoms with Crippen molar-refractivity contribution in [1.82, 2.24) is 10.3 Å². The van der Waals surface area contributed by atoms with E-state index in [4.69, 9.17) is 16.3 Å². The van der Waals surface area contributed by atoms with E-state index in [-0.39, 0.29) is 17.9 Å². The molecule has 4 nitrogen and oxygen atoms in total. The summed E-state index contributed by atoms with van der Waals surface area (Å²) in [5.41, 5.74) is 3.31. The molecule has 2 N–H and O–H groups in total. The van der Waals surface area contributed by atoms with Crippen LogP contribution in [-0.2, 0) is 9.53 Å². The van der Waals surface area contributed by atoms with Crippen molar-refractivity contribution in [3.63, 3.8) is 0 Å². The molecule has 0 amide bonds. The number of carbonyl (C=O) groups is 1. The van der Waals surface area contributed by atoms with Gasteiger partial charge in [0.2, 0.25) is 0 Å². The number of carbonyl (C=O) groups excluding carboxylic acids is 1. The first-order chi connectivity index (χ1) is 12.2. The van der Waals surface area contributed by atoms with Crippen LogP contribution in [0.4, 0.5) is 0 Å². The fraction of sp³-hybridized carbons (Fsp3) is 0.250. The number of aromatic nitrogens is 1. The van der Waals surface area contributed by atoms with E-state index >= 15 is 0 Å². The van der Waals surface area contributed by atoms with Crippen LogP contribution in [0, 0.1) is 0 Å². The molecule has 1 aliphatic rings. The third kappa shape index (κ3) is 3.15. The molecule has 0 radical (unpaired) electrons. The monoisotopic (exact) mass is 354 g/mol. The van der Waals surface area contributed by atoms with Gasteiger partial charge in [0.15, 0.2) is 0 Å². The second kappa shape index (κ2) is 6.90. The standard InChI is InChI=1S/C20H19ClN2O2/c21-17-7-3-1-5-13(17)15(11-23-19-9-10-25-20(19)24)16-12-22-18-8-4-2-6-14(16)18/h1-8,12,15,19,22-23H,9-11H2/t15-,19-/m0/s1. The SMILES string of the molecule is O=C1OCC[C@@H]1NC[C@@H](c1ccccc1Cl)c1c[nH]c2ccccc12. The first-order valence-corrected chi connectivity index (χ1v) is 8.82. The van der Waals surface area contributed by atoms with Crippen LogP contribution >= 0.6 is 11.6 Å². The zero-order valence-electron chi connectivity index (χ0n) is 13.7. The largest absolute Gasteiger partial charge is 0.464 e. The van der Waals surface area contributed by atoms with Crippen LogP contribution < -0.4 is 5.32 Å². The zero-order chi connectivity index (χ0) is 17.2. The lowest BCUT2D eigenvalue weighted by molar-refractivity contribution is -0.139. The van der Waals surface area contributed by atoms with Gasteiger partial charge in [0.05, 0.1) is 6.61 Å². The highest BCUT2D eigenvalue weighted by Gasteiger charge is 2.28. The zero-order valence-corrected chi connectivity index (χ0v) is 14.4. The smallest absolute Gasteiger partial charge is 0.323 e. The number of nitrogens with one attached hydrogen (secondary N) is 2. The van der Waals surface area contributed by atoms with Crippen LogP contribution in [0.1, 0.15) is 23.5 Å². The summed E-state index contributed by atoms with van der Waals surface area (Å²) in [7, 11) is 0. The molecule has 128 valence electrons. The van der Waals surface area contributed by atoms with Crippen molar-refractivity contribution in [3.05, 3.63) is 70.9 Å². The average Bonchev–Trinajstić information content (AvgIpc) is 3.23. The Kier molecular flexibility index (Phi) is 4.47. The molecule has 0 bridgehead atoms. The molecule has 3 aromatic rings. The first kappa shape index (κ1) is 16.2. The fourth-order valence-corrected chi connectivity index (χ4v) is 3.74. The Balaban J connectivity index is 1.71. The van der Waals surface area contributed by atoms with Crippen LogP contribution in [0.15, 0.2) is 54.7 Å². The molecule has 25 heavy (non-hydrogen) atoms. The summed E-state index contributed by atoms with van der Waals surface area (Å²) in [4.78, 5) is 15.1. The summed E-state index contributed by atoms with van der Waals surface area (Å²) >= 11 is 6.48. The lowest BCUT2D eigenvalue weighted by Crippen LogP contribution is -2.36. The molecular weight excluding hydrogens is 336 g/mol. The summed E-state index contributed by atoms with van der Waals surface area (Å²) in [6, 6.07) is 15.8. The van der Waals surface area contributed by atoms with Gasteiger partial charge in [0.1, 0.15) is 6.04 Å². The maximum absolute atomic E-state index is 11.8. The van der Waals surface area contributed by atoms with Crippen molar-refractivity contribution in [2.45, 2.75) is 18.4 Å². The molecule has 0 unspecified atom stereocenters. The molecule has 4 rings (SSSR count). The van der Waals surface area contributed by atoms with Crippen molar-refractivity contribution in [2.75, 3.05) is 13.2 Å². The maximum Gasteiger partial charge on any atom is 0.323 e. The second-order valence-electron chi connectivity index (χ2n) is 6.28. The van der Waals surface area contributed by atoms with Crippen molar-refractivity contribution < 1.29 is 9.53 Å². The number of halogens is 1. The summed E-state index contributed by atoms with van der Waals surface area (Å²) in [5.74, 6) is -0.130. The van der Waals surface area contributed by atoms with Gasteiger partial charge in [0.25, 0.3) is 0 Å². The van der Waals surface area contributed by atoms with E-state index in [0.29, 0.717) is 19.6 Å². The van der Waals surface area contributed by atoms with E-state index in [0.717, 1.165) is 16.1 Å². The van der Waals surface area contributed by atoms with Crippen LogP contribution in [-0.4, -0.2) is 30.1 Å². The van der Waals surface area contributed by atoms with Gasteiger partial charge in [-0.1, -0.05) is 48.0 Å². The summed E-state index contributed by atoms with van der Waals surface area (Å²) < 4.78 is 5.05. The van der Waals surface area contributed by atoms with Gasteiger partial charge in [-0.05, 0) is 23.3 Å². The fourth-order valence-electron chi connectivity index (χ4n) is 3.47. The number of fused-ring (bicyclic) bond motifs is 1. The average molecular weight is 355 g/mol. The molecule has 0 spiro atoms. The van der Waals surface area contributed by atoms with Gasteiger partial charge in [-0.25, -0.2) is 0 Å². The van der Waals surface area contributed by atoms with E-state index in [1.807, 2.05) is 42.6 Å². The minimum atomic E-state index is -0.241. The number of ether oxygens (including phenoxy) is 1. The molecule has 1 aromatic heterocycles. The van der Waals surface area contributed by atoms with Gasteiger partial charge < -0.3 is 15.0 Å². The molecule has 2 aromatic carbocycles. The molecule has 1 aliphatic heterocycles. The van der Waals surface area contributed by atoms with Gasteiger partial charge in [-0.2, -0.15) is 0 Å². The van der Waals surface area contributed by atoms with Gasteiger partial charge in [-0.3, -0.25) is 4.79 Å².